The van der Waals surface area contributed by atoms with Gasteiger partial charge in [0.15, 0.2) is 0 Å². The quantitative estimate of drug-likeness (QED) is 0.131. The van der Waals surface area contributed by atoms with Gasteiger partial charge in [-0.3, -0.25) is 0 Å². The molecule has 0 aliphatic heterocycles. The minimum absolute atomic E-state index is 0. The van der Waals surface area contributed by atoms with Gasteiger partial charge in [-0.2, -0.15) is 0 Å². The summed E-state index contributed by atoms with van der Waals surface area (Å²) in [6, 6.07) is 30.5. The normalized spacial score (nSPS) is 19.8. The van der Waals surface area contributed by atoms with Gasteiger partial charge in [0, 0.05) is 0 Å². The summed E-state index contributed by atoms with van der Waals surface area (Å²) in [6.07, 6.45) is 19.8. The molecule has 0 N–H and O–H groups in total. The molecule has 2 heteroatoms. The molecule has 0 amide bonds. The Balaban J connectivity index is 0.000000208. The van der Waals surface area contributed by atoms with Gasteiger partial charge in [-0.25, -0.2) is 0 Å². The zero-order valence-corrected chi connectivity index (χ0v) is 27.1. The molecule has 0 radical (unpaired) electrons. The third-order valence-electron chi connectivity index (χ3n) is 8.74. The van der Waals surface area contributed by atoms with Gasteiger partial charge in [0.1, 0.15) is 0 Å². The molecule has 0 aromatic heterocycles. The number of benzene rings is 3. The Bertz CT molecular complexity index is 947. The standard InChI is InChI=1S/C19H17P.C17H32.HI/c1-16-12-14-19(15-13-16)20(17-8-4-2-5-9-17)18-10-6-3-7-11-18;1-2-3-5-8-15-11-13-17(14-12-15)16-9-6-4-7-10-16;/h2-15H,1H3;15-17H,2-14H2,1H3;1H/t;15-,17-;. The average Bonchev–Trinajstić information content (AvgIpc) is 2.97. The van der Waals surface area contributed by atoms with Crippen LogP contribution in [0.2, 0.25) is 0 Å². The lowest BCUT2D eigenvalue weighted by Crippen LogP contribution is -2.23. The van der Waals surface area contributed by atoms with Crippen LogP contribution in [-0.4, -0.2) is 0 Å². The van der Waals surface area contributed by atoms with Gasteiger partial charge >= 0.3 is 0 Å². The Hall–Kier alpha value is -1.18. The van der Waals surface area contributed by atoms with E-state index in [0.717, 1.165) is 17.8 Å². The zero-order valence-electron chi connectivity index (χ0n) is 23.9. The second-order valence-corrected chi connectivity index (χ2v) is 13.7. The highest BCUT2D eigenvalue weighted by Gasteiger charge is 2.28. The topological polar surface area (TPSA) is 0 Å². The van der Waals surface area contributed by atoms with Crippen LogP contribution < -0.4 is 15.9 Å². The Morgan fingerprint density at radius 3 is 1.61 bits per heavy atom. The average molecular weight is 641 g/mol. The molecule has 3 aromatic rings. The fourth-order valence-electron chi connectivity index (χ4n) is 6.53. The highest BCUT2D eigenvalue weighted by Crippen LogP contribution is 2.41. The van der Waals surface area contributed by atoms with Gasteiger partial charge in [0.2, 0.25) is 0 Å². The summed E-state index contributed by atoms with van der Waals surface area (Å²) in [7, 11) is -0.458. The van der Waals surface area contributed by atoms with Gasteiger partial charge in [0.05, 0.1) is 0 Å². The molecule has 2 aliphatic rings. The number of rotatable bonds is 8. The molecule has 0 unspecified atom stereocenters. The monoisotopic (exact) mass is 640 g/mol. The number of unbranched alkanes of at least 4 members (excludes halogenated alkanes) is 2. The molecule has 0 atom stereocenters. The minimum Gasteiger partial charge on any atom is -0.107 e. The van der Waals surface area contributed by atoms with E-state index < -0.39 is 7.92 Å². The smallest absolute Gasteiger partial charge is 0.0134 e. The molecule has 0 bridgehead atoms. The Morgan fingerprint density at radius 1 is 0.579 bits per heavy atom. The number of halogens is 1. The van der Waals surface area contributed by atoms with Crippen molar-refractivity contribution < 1.29 is 0 Å². The summed E-state index contributed by atoms with van der Waals surface area (Å²) in [5, 5.41) is 4.21. The van der Waals surface area contributed by atoms with Crippen molar-refractivity contribution in [1.29, 1.82) is 0 Å². The van der Waals surface area contributed by atoms with Crippen LogP contribution in [0.1, 0.15) is 96.0 Å². The zero-order chi connectivity index (χ0) is 25.7. The van der Waals surface area contributed by atoms with Crippen LogP contribution in [0.4, 0.5) is 0 Å². The van der Waals surface area contributed by atoms with Crippen LogP contribution in [0.15, 0.2) is 84.9 Å². The van der Waals surface area contributed by atoms with Crippen molar-refractivity contribution in [3.05, 3.63) is 90.5 Å². The molecule has 38 heavy (non-hydrogen) atoms. The first-order valence-corrected chi connectivity index (χ1v) is 16.6. The number of hydrogen-bond acceptors (Lipinski definition) is 0. The van der Waals surface area contributed by atoms with Gasteiger partial charge in [-0.15, -0.1) is 24.0 Å². The van der Waals surface area contributed by atoms with Crippen molar-refractivity contribution in [3.8, 4) is 0 Å². The maximum absolute atomic E-state index is 2.32. The van der Waals surface area contributed by atoms with Crippen LogP contribution in [0.3, 0.4) is 0 Å². The summed E-state index contributed by atoms with van der Waals surface area (Å²) in [6.45, 7) is 4.46. The van der Waals surface area contributed by atoms with E-state index in [2.05, 4.69) is 98.8 Å². The molecule has 2 saturated carbocycles. The second-order valence-electron chi connectivity index (χ2n) is 11.5. The largest absolute Gasteiger partial charge is 0.107 e. The first-order valence-electron chi connectivity index (χ1n) is 15.2. The van der Waals surface area contributed by atoms with Crippen LogP contribution in [0.5, 0.6) is 0 Å². The van der Waals surface area contributed by atoms with Crippen molar-refractivity contribution in [3.63, 3.8) is 0 Å². The van der Waals surface area contributed by atoms with Crippen LogP contribution >= 0.6 is 31.9 Å². The number of aryl methyl sites for hydroxylation is 1. The van der Waals surface area contributed by atoms with E-state index in [1.54, 1.807) is 38.5 Å². The molecular weight excluding hydrogens is 590 g/mol. The van der Waals surface area contributed by atoms with Crippen LogP contribution in [-0.2, 0) is 0 Å². The van der Waals surface area contributed by atoms with E-state index in [1.165, 1.54) is 66.4 Å². The van der Waals surface area contributed by atoms with E-state index >= 15 is 0 Å². The van der Waals surface area contributed by atoms with Crippen molar-refractivity contribution in [2.24, 2.45) is 17.8 Å². The molecule has 0 saturated heterocycles. The SMILES string of the molecule is CCCCC[C@H]1CC[C@H](C2CCCCC2)CC1.Cc1ccc(P(c2ccccc2)c2ccccc2)cc1.I. The Labute approximate surface area is 252 Å². The van der Waals surface area contributed by atoms with Gasteiger partial charge in [-0.05, 0) is 61.4 Å². The molecule has 5 rings (SSSR count). The minimum atomic E-state index is -0.458. The van der Waals surface area contributed by atoms with Gasteiger partial charge in [-0.1, -0.05) is 168 Å². The van der Waals surface area contributed by atoms with E-state index in [4.69, 9.17) is 0 Å². The molecule has 3 aromatic carbocycles. The van der Waals surface area contributed by atoms with E-state index in [9.17, 15) is 0 Å². The van der Waals surface area contributed by atoms with E-state index in [-0.39, 0.29) is 24.0 Å². The van der Waals surface area contributed by atoms with Gasteiger partial charge < -0.3 is 0 Å². The van der Waals surface area contributed by atoms with Gasteiger partial charge in [0.25, 0.3) is 0 Å². The fourth-order valence-corrected chi connectivity index (χ4v) is 8.81. The second kappa shape index (κ2) is 17.5. The number of hydrogen-bond donors (Lipinski definition) is 0. The molecule has 0 spiro atoms. The summed E-state index contributed by atoms with van der Waals surface area (Å²) in [5.74, 6) is 3.35. The molecule has 2 fully saturated rings. The predicted octanol–water partition coefficient (Wildman–Crippen LogP) is 10.3. The van der Waals surface area contributed by atoms with Crippen molar-refractivity contribution in [2.45, 2.75) is 97.3 Å². The summed E-state index contributed by atoms with van der Waals surface area (Å²) in [5.41, 5.74) is 1.31. The Kier molecular flexibility index (Phi) is 14.4. The highest BCUT2D eigenvalue weighted by atomic mass is 127. The Morgan fingerprint density at radius 2 is 1.08 bits per heavy atom. The lowest BCUT2D eigenvalue weighted by molar-refractivity contribution is 0.162. The third kappa shape index (κ3) is 9.78. The highest BCUT2D eigenvalue weighted by molar-refractivity contribution is 14.0. The first-order chi connectivity index (χ1) is 18.2. The molecule has 2 aliphatic carbocycles. The molecule has 206 valence electrons. The van der Waals surface area contributed by atoms with E-state index in [0.29, 0.717) is 0 Å². The molecule has 0 nitrogen and oxygen atoms in total. The third-order valence-corrected chi connectivity index (χ3v) is 11.2. The lowest BCUT2D eigenvalue weighted by atomic mass is 9.70. The van der Waals surface area contributed by atoms with Crippen molar-refractivity contribution in [1.82, 2.24) is 0 Å². The first kappa shape index (κ1) is 31.3. The van der Waals surface area contributed by atoms with Crippen molar-refractivity contribution >= 4 is 47.8 Å². The predicted molar refractivity (Wildman–Crippen MR) is 181 cm³/mol. The summed E-state index contributed by atoms with van der Waals surface area (Å²) in [4.78, 5) is 0. The molecule has 0 heterocycles. The van der Waals surface area contributed by atoms with Crippen LogP contribution in [0.25, 0.3) is 0 Å². The maximum atomic E-state index is 2.32. The summed E-state index contributed by atoms with van der Waals surface area (Å²) >= 11 is 0. The molecular formula is C36H50IP. The maximum Gasteiger partial charge on any atom is -0.0134 e. The van der Waals surface area contributed by atoms with Crippen LogP contribution in [0, 0.1) is 24.7 Å². The summed E-state index contributed by atoms with van der Waals surface area (Å²) < 4.78 is 0. The van der Waals surface area contributed by atoms with Crippen molar-refractivity contribution in [2.75, 3.05) is 0 Å². The lowest BCUT2D eigenvalue weighted by Gasteiger charge is -2.36. The van der Waals surface area contributed by atoms with E-state index in [1.807, 2.05) is 0 Å². The fraction of sp³-hybridized carbons (Fsp3) is 0.500.